The van der Waals surface area contributed by atoms with Gasteiger partial charge in [-0.05, 0) is 6.07 Å². The summed E-state index contributed by atoms with van der Waals surface area (Å²) < 4.78 is 0. The summed E-state index contributed by atoms with van der Waals surface area (Å²) in [7, 11) is 0. The maximum Gasteiger partial charge on any atom is 0.291 e. The molecule has 1 unspecified atom stereocenters. The molecular weight excluding hydrogens is 310 g/mol. The standard InChI is InChI=1S/C15H12ClNO3S/c16-13-8-4-7-11(14(13)17(19)20)12(9-21)15(18)10-5-2-1-3-6-10/h1-8,12,21H,9H2. The largest absolute Gasteiger partial charge is 0.293 e. The number of Topliss-reactive ketones (excluding diaryl/α,β-unsaturated/α-hetero) is 1. The number of nitro benzene ring substituents is 1. The molecule has 0 radical (unpaired) electrons. The van der Waals surface area contributed by atoms with E-state index in [2.05, 4.69) is 12.6 Å². The van der Waals surface area contributed by atoms with Gasteiger partial charge in [0, 0.05) is 16.9 Å². The molecule has 0 aromatic heterocycles. The lowest BCUT2D eigenvalue weighted by molar-refractivity contribution is -0.385. The average molecular weight is 322 g/mol. The van der Waals surface area contributed by atoms with Crippen molar-refractivity contribution in [3.05, 3.63) is 74.8 Å². The van der Waals surface area contributed by atoms with E-state index in [1.165, 1.54) is 6.07 Å². The molecule has 0 saturated carbocycles. The predicted molar refractivity (Wildman–Crippen MR) is 85.5 cm³/mol. The van der Waals surface area contributed by atoms with Gasteiger partial charge in [0.15, 0.2) is 5.78 Å². The van der Waals surface area contributed by atoms with Crippen LogP contribution in [0, 0.1) is 10.1 Å². The summed E-state index contributed by atoms with van der Waals surface area (Å²) in [5.74, 6) is -0.764. The fourth-order valence-corrected chi connectivity index (χ4v) is 2.75. The molecule has 0 amide bonds. The minimum Gasteiger partial charge on any atom is -0.293 e. The van der Waals surface area contributed by atoms with Gasteiger partial charge in [0.1, 0.15) is 5.02 Å². The van der Waals surface area contributed by atoms with Crippen LogP contribution in [0.5, 0.6) is 0 Å². The molecule has 108 valence electrons. The highest BCUT2D eigenvalue weighted by atomic mass is 35.5. The Kier molecular flexibility index (Phi) is 4.98. The van der Waals surface area contributed by atoms with Gasteiger partial charge in [0.25, 0.3) is 5.69 Å². The van der Waals surface area contributed by atoms with Crippen LogP contribution in [-0.2, 0) is 0 Å². The second kappa shape index (κ2) is 6.74. The Labute approximate surface area is 132 Å². The first-order chi connectivity index (χ1) is 10.1. The molecular formula is C15H12ClNO3S. The lowest BCUT2D eigenvalue weighted by atomic mass is 9.91. The van der Waals surface area contributed by atoms with Crippen LogP contribution in [0.3, 0.4) is 0 Å². The van der Waals surface area contributed by atoms with Crippen molar-refractivity contribution in [1.82, 2.24) is 0 Å². The molecule has 0 saturated heterocycles. The molecule has 1 atom stereocenters. The van der Waals surface area contributed by atoms with Gasteiger partial charge >= 0.3 is 0 Å². The number of carbonyl (C=O) groups excluding carboxylic acids is 1. The minimum absolute atomic E-state index is 0.0187. The second-order valence-electron chi connectivity index (χ2n) is 4.40. The molecule has 0 fully saturated rings. The number of hydrogen-bond donors (Lipinski definition) is 1. The lowest BCUT2D eigenvalue weighted by Crippen LogP contribution is -2.16. The third-order valence-corrected chi connectivity index (χ3v) is 3.80. The summed E-state index contributed by atoms with van der Waals surface area (Å²) in [5.41, 5.74) is 0.546. The van der Waals surface area contributed by atoms with E-state index in [1.54, 1.807) is 42.5 Å². The van der Waals surface area contributed by atoms with Crippen molar-refractivity contribution in [3.8, 4) is 0 Å². The Morgan fingerprint density at radius 3 is 2.43 bits per heavy atom. The molecule has 0 aliphatic heterocycles. The van der Waals surface area contributed by atoms with Crippen LogP contribution in [0.1, 0.15) is 21.8 Å². The quantitative estimate of drug-likeness (QED) is 0.389. The number of benzene rings is 2. The topological polar surface area (TPSA) is 60.2 Å². The Hall–Kier alpha value is -1.85. The summed E-state index contributed by atoms with van der Waals surface area (Å²) in [6.45, 7) is 0. The van der Waals surface area contributed by atoms with Crippen molar-refractivity contribution in [3.63, 3.8) is 0 Å². The van der Waals surface area contributed by atoms with E-state index in [9.17, 15) is 14.9 Å². The van der Waals surface area contributed by atoms with Crippen molar-refractivity contribution in [2.45, 2.75) is 5.92 Å². The fourth-order valence-electron chi connectivity index (χ4n) is 2.13. The summed E-state index contributed by atoms with van der Waals surface area (Å²) in [4.78, 5) is 23.2. The number of nitrogens with zero attached hydrogens (tertiary/aromatic N) is 1. The van der Waals surface area contributed by atoms with E-state index in [1.807, 2.05) is 0 Å². The van der Waals surface area contributed by atoms with Crippen molar-refractivity contribution >= 4 is 35.7 Å². The lowest BCUT2D eigenvalue weighted by Gasteiger charge is -2.14. The molecule has 21 heavy (non-hydrogen) atoms. The van der Waals surface area contributed by atoms with E-state index in [0.717, 1.165) is 0 Å². The fraction of sp³-hybridized carbons (Fsp3) is 0.133. The Morgan fingerprint density at radius 2 is 1.86 bits per heavy atom. The highest BCUT2D eigenvalue weighted by molar-refractivity contribution is 7.80. The van der Waals surface area contributed by atoms with Crippen LogP contribution in [-0.4, -0.2) is 16.5 Å². The number of thiol groups is 1. The molecule has 2 rings (SSSR count). The molecule has 2 aromatic carbocycles. The van der Waals surface area contributed by atoms with Gasteiger partial charge in [0.05, 0.1) is 10.8 Å². The maximum atomic E-state index is 12.5. The van der Waals surface area contributed by atoms with Crippen LogP contribution in [0.25, 0.3) is 0 Å². The van der Waals surface area contributed by atoms with Gasteiger partial charge in [-0.2, -0.15) is 12.6 Å². The van der Waals surface area contributed by atoms with Crippen molar-refractivity contribution in [2.24, 2.45) is 0 Å². The third-order valence-electron chi connectivity index (χ3n) is 3.13. The van der Waals surface area contributed by atoms with E-state index in [0.29, 0.717) is 5.56 Å². The highest BCUT2D eigenvalue weighted by Gasteiger charge is 2.29. The molecule has 0 aliphatic carbocycles. The SMILES string of the molecule is O=C(c1ccccc1)C(CS)c1cccc(Cl)c1[N+](=O)[O-]. The molecule has 0 aliphatic rings. The van der Waals surface area contributed by atoms with Crippen molar-refractivity contribution in [2.75, 3.05) is 5.75 Å². The molecule has 0 heterocycles. The van der Waals surface area contributed by atoms with Gasteiger partial charge in [-0.1, -0.05) is 54.1 Å². The Morgan fingerprint density at radius 1 is 1.19 bits per heavy atom. The second-order valence-corrected chi connectivity index (χ2v) is 5.17. The summed E-state index contributed by atoms with van der Waals surface area (Å²) in [6.07, 6.45) is 0. The third kappa shape index (κ3) is 3.25. The van der Waals surface area contributed by atoms with Crippen LogP contribution in [0.15, 0.2) is 48.5 Å². The molecule has 0 bridgehead atoms. The van der Waals surface area contributed by atoms with E-state index < -0.39 is 10.8 Å². The Bertz CT molecular complexity index is 676. The smallest absolute Gasteiger partial charge is 0.291 e. The number of halogens is 1. The zero-order chi connectivity index (χ0) is 15.4. The molecule has 0 N–H and O–H groups in total. The van der Waals surface area contributed by atoms with Gasteiger partial charge in [-0.3, -0.25) is 14.9 Å². The van der Waals surface area contributed by atoms with Crippen LogP contribution in [0.2, 0.25) is 5.02 Å². The monoisotopic (exact) mass is 321 g/mol. The minimum atomic E-state index is -0.713. The van der Waals surface area contributed by atoms with Gasteiger partial charge < -0.3 is 0 Å². The summed E-state index contributed by atoms with van der Waals surface area (Å²) in [6, 6.07) is 13.2. The maximum absolute atomic E-state index is 12.5. The normalized spacial score (nSPS) is 11.9. The van der Waals surface area contributed by atoms with Gasteiger partial charge in [-0.15, -0.1) is 0 Å². The van der Waals surface area contributed by atoms with Crippen LogP contribution in [0.4, 0.5) is 5.69 Å². The number of para-hydroxylation sites is 1. The Balaban J connectivity index is 2.50. The molecule has 6 heteroatoms. The van der Waals surface area contributed by atoms with E-state index in [-0.39, 0.29) is 27.8 Å². The van der Waals surface area contributed by atoms with Crippen molar-refractivity contribution < 1.29 is 9.72 Å². The number of ketones is 1. The summed E-state index contributed by atoms with van der Waals surface area (Å²) in [5, 5.41) is 11.2. The van der Waals surface area contributed by atoms with E-state index >= 15 is 0 Å². The first-order valence-electron chi connectivity index (χ1n) is 6.19. The molecule has 0 spiro atoms. The molecule has 4 nitrogen and oxygen atoms in total. The number of carbonyl (C=O) groups is 1. The van der Waals surface area contributed by atoms with Crippen molar-refractivity contribution in [1.29, 1.82) is 0 Å². The first-order valence-corrected chi connectivity index (χ1v) is 7.20. The number of hydrogen-bond acceptors (Lipinski definition) is 4. The average Bonchev–Trinajstić information content (AvgIpc) is 2.48. The van der Waals surface area contributed by atoms with E-state index in [4.69, 9.17) is 11.6 Å². The highest BCUT2D eigenvalue weighted by Crippen LogP contribution is 2.35. The zero-order valence-corrected chi connectivity index (χ0v) is 12.6. The van der Waals surface area contributed by atoms with Crippen LogP contribution >= 0.6 is 24.2 Å². The predicted octanol–water partition coefficient (Wildman–Crippen LogP) is 4.14. The number of nitro groups is 1. The van der Waals surface area contributed by atoms with Gasteiger partial charge in [-0.25, -0.2) is 0 Å². The number of rotatable bonds is 5. The summed E-state index contributed by atoms with van der Waals surface area (Å²) >= 11 is 10.1. The van der Waals surface area contributed by atoms with Crippen LogP contribution < -0.4 is 0 Å². The zero-order valence-electron chi connectivity index (χ0n) is 10.9. The van der Waals surface area contributed by atoms with Gasteiger partial charge in [0.2, 0.25) is 0 Å². The first kappa shape index (κ1) is 15.5. The molecule has 2 aromatic rings.